The molecule has 1 saturated carbocycles. The fourth-order valence-corrected chi connectivity index (χ4v) is 3.94. The van der Waals surface area contributed by atoms with Crippen LogP contribution in [0.25, 0.3) is 0 Å². The lowest BCUT2D eigenvalue weighted by Gasteiger charge is -2.35. The predicted octanol–water partition coefficient (Wildman–Crippen LogP) is 5.03. The van der Waals surface area contributed by atoms with Gasteiger partial charge in [0.25, 0.3) is 0 Å². The van der Waals surface area contributed by atoms with Gasteiger partial charge in [-0.3, -0.25) is 0 Å². The maximum Gasteiger partial charge on any atom is 0.0580 e. The molecule has 0 heterocycles. The van der Waals surface area contributed by atoms with Gasteiger partial charge in [0.15, 0.2) is 0 Å². The molecule has 1 aliphatic rings. The van der Waals surface area contributed by atoms with Gasteiger partial charge in [0.05, 0.1) is 12.7 Å². The second-order valence-corrected chi connectivity index (χ2v) is 6.75. The highest BCUT2D eigenvalue weighted by atomic mass is 79.9. The van der Waals surface area contributed by atoms with E-state index in [4.69, 9.17) is 4.74 Å². The Labute approximate surface area is 116 Å². The SMILES string of the molecule is CCC(CC)(CBr)COC1CC(C)CC(C)C1. The van der Waals surface area contributed by atoms with Gasteiger partial charge in [-0.2, -0.15) is 0 Å². The summed E-state index contributed by atoms with van der Waals surface area (Å²) in [5.41, 5.74) is 0.351. The molecule has 0 N–H and O–H groups in total. The highest BCUT2D eigenvalue weighted by molar-refractivity contribution is 9.09. The molecule has 2 unspecified atom stereocenters. The Morgan fingerprint density at radius 2 is 1.59 bits per heavy atom. The fourth-order valence-electron chi connectivity index (χ4n) is 2.99. The van der Waals surface area contributed by atoms with Gasteiger partial charge in [0.1, 0.15) is 0 Å². The van der Waals surface area contributed by atoms with Crippen LogP contribution in [0.4, 0.5) is 0 Å². The largest absolute Gasteiger partial charge is 0.378 e. The molecule has 1 fully saturated rings. The summed E-state index contributed by atoms with van der Waals surface area (Å²) in [6.45, 7) is 10.2. The van der Waals surface area contributed by atoms with E-state index in [1.54, 1.807) is 0 Å². The van der Waals surface area contributed by atoms with Crippen molar-refractivity contribution in [2.24, 2.45) is 17.3 Å². The van der Waals surface area contributed by atoms with Gasteiger partial charge in [-0.25, -0.2) is 0 Å². The van der Waals surface area contributed by atoms with Crippen LogP contribution < -0.4 is 0 Å². The lowest BCUT2D eigenvalue weighted by atomic mass is 9.81. The molecule has 0 spiro atoms. The Bertz CT molecular complexity index is 195. The molecule has 102 valence electrons. The highest BCUT2D eigenvalue weighted by Gasteiger charge is 2.29. The van der Waals surface area contributed by atoms with E-state index < -0.39 is 0 Å². The molecule has 0 aromatic rings. The summed E-state index contributed by atoms with van der Waals surface area (Å²) in [5.74, 6) is 1.68. The molecule has 2 atom stereocenters. The highest BCUT2D eigenvalue weighted by Crippen LogP contribution is 2.34. The minimum atomic E-state index is 0.351. The lowest BCUT2D eigenvalue weighted by molar-refractivity contribution is -0.0390. The summed E-state index contributed by atoms with van der Waals surface area (Å²) in [7, 11) is 0. The Morgan fingerprint density at radius 1 is 1.06 bits per heavy atom. The van der Waals surface area contributed by atoms with Crippen molar-refractivity contribution in [1.29, 1.82) is 0 Å². The summed E-state index contributed by atoms with van der Waals surface area (Å²) in [6, 6.07) is 0. The maximum atomic E-state index is 6.23. The topological polar surface area (TPSA) is 9.23 Å². The predicted molar refractivity (Wildman–Crippen MR) is 78.7 cm³/mol. The lowest BCUT2D eigenvalue weighted by Crippen LogP contribution is -2.33. The Kier molecular flexibility index (Phi) is 6.50. The molecular weight excluding hydrogens is 276 g/mol. The van der Waals surface area contributed by atoms with Crippen LogP contribution in [0.2, 0.25) is 0 Å². The molecule has 0 aromatic heterocycles. The second kappa shape index (κ2) is 7.13. The van der Waals surface area contributed by atoms with E-state index in [-0.39, 0.29) is 0 Å². The third-order valence-electron chi connectivity index (χ3n) is 4.54. The molecule has 0 aromatic carbocycles. The van der Waals surface area contributed by atoms with Crippen molar-refractivity contribution >= 4 is 15.9 Å². The molecule has 2 heteroatoms. The molecule has 0 saturated heterocycles. The molecule has 0 radical (unpaired) electrons. The average molecular weight is 305 g/mol. The molecule has 0 amide bonds. The minimum Gasteiger partial charge on any atom is -0.378 e. The quantitative estimate of drug-likeness (QED) is 0.625. The van der Waals surface area contributed by atoms with Crippen LogP contribution in [0, 0.1) is 17.3 Å². The van der Waals surface area contributed by atoms with Crippen LogP contribution in [0.5, 0.6) is 0 Å². The van der Waals surface area contributed by atoms with Gasteiger partial charge >= 0.3 is 0 Å². The van der Waals surface area contributed by atoms with Crippen molar-refractivity contribution in [1.82, 2.24) is 0 Å². The third kappa shape index (κ3) is 4.55. The van der Waals surface area contributed by atoms with Gasteiger partial charge < -0.3 is 4.74 Å². The van der Waals surface area contributed by atoms with Crippen molar-refractivity contribution in [2.75, 3.05) is 11.9 Å². The van der Waals surface area contributed by atoms with Crippen LogP contribution in [0.3, 0.4) is 0 Å². The van der Waals surface area contributed by atoms with Gasteiger partial charge in [-0.15, -0.1) is 0 Å². The fraction of sp³-hybridized carbons (Fsp3) is 1.00. The maximum absolute atomic E-state index is 6.23. The number of ether oxygens (including phenoxy) is 1. The summed E-state index contributed by atoms with van der Waals surface area (Å²) < 4.78 is 6.23. The zero-order valence-corrected chi connectivity index (χ0v) is 13.6. The third-order valence-corrected chi connectivity index (χ3v) is 5.73. The number of rotatable bonds is 6. The first-order valence-electron chi connectivity index (χ1n) is 7.22. The van der Waals surface area contributed by atoms with Crippen molar-refractivity contribution in [2.45, 2.75) is 65.9 Å². The monoisotopic (exact) mass is 304 g/mol. The normalized spacial score (nSPS) is 30.5. The average Bonchev–Trinajstić information content (AvgIpc) is 2.30. The smallest absolute Gasteiger partial charge is 0.0580 e. The first-order chi connectivity index (χ1) is 8.05. The van der Waals surface area contributed by atoms with Gasteiger partial charge in [-0.1, -0.05) is 43.6 Å². The van der Waals surface area contributed by atoms with E-state index in [9.17, 15) is 0 Å². The summed E-state index contributed by atoms with van der Waals surface area (Å²) in [5, 5.41) is 1.06. The van der Waals surface area contributed by atoms with Crippen LogP contribution in [-0.2, 0) is 4.74 Å². The molecule has 1 nitrogen and oxygen atoms in total. The van der Waals surface area contributed by atoms with E-state index in [1.807, 2.05) is 0 Å². The minimum absolute atomic E-state index is 0.351. The van der Waals surface area contributed by atoms with Crippen LogP contribution >= 0.6 is 15.9 Å². The molecule has 0 bridgehead atoms. The van der Waals surface area contributed by atoms with Crippen molar-refractivity contribution < 1.29 is 4.74 Å². The molecule has 1 aliphatic carbocycles. The summed E-state index contributed by atoms with van der Waals surface area (Å²) >= 11 is 3.66. The van der Waals surface area contributed by atoms with E-state index in [0.29, 0.717) is 11.5 Å². The standard InChI is InChI=1S/C15H29BrO/c1-5-15(6-2,10-16)11-17-14-8-12(3)7-13(4)9-14/h12-14H,5-11H2,1-4H3. The summed E-state index contributed by atoms with van der Waals surface area (Å²) in [4.78, 5) is 0. The zero-order valence-electron chi connectivity index (χ0n) is 12.0. The number of hydrogen-bond donors (Lipinski definition) is 0. The first kappa shape index (κ1) is 15.5. The molecular formula is C15H29BrO. The number of alkyl halides is 1. The van der Waals surface area contributed by atoms with E-state index in [2.05, 4.69) is 43.6 Å². The Balaban J connectivity index is 2.43. The van der Waals surface area contributed by atoms with Crippen LogP contribution in [0.15, 0.2) is 0 Å². The van der Waals surface area contributed by atoms with Crippen molar-refractivity contribution in [3.63, 3.8) is 0 Å². The first-order valence-corrected chi connectivity index (χ1v) is 8.35. The van der Waals surface area contributed by atoms with E-state index >= 15 is 0 Å². The van der Waals surface area contributed by atoms with Crippen molar-refractivity contribution in [3.8, 4) is 0 Å². The van der Waals surface area contributed by atoms with Gasteiger partial charge in [-0.05, 0) is 43.9 Å². The zero-order chi connectivity index (χ0) is 12.9. The van der Waals surface area contributed by atoms with Crippen LogP contribution in [0.1, 0.15) is 59.8 Å². The molecule has 1 rings (SSSR count). The number of halogens is 1. The Hall–Kier alpha value is 0.440. The molecule has 17 heavy (non-hydrogen) atoms. The van der Waals surface area contributed by atoms with Crippen molar-refractivity contribution in [3.05, 3.63) is 0 Å². The number of hydrogen-bond acceptors (Lipinski definition) is 1. The molecule has 0 aliphatic heterocycles. The van der Waals surface area contributed by atoms with Gasteiger partial charge in [0.2, 0.25) is 0 Å². The van der Waals surface area contributed by atoms with E-state index in [0.717, 1.165) is 23.8 Å². The second-order valence-electron chi connectivity index (χ2n) is 6.19. The van der Waals surface area contributed by atoms with E-state index in [1.165, 1.54) is 32.1 Å². The summed E-state index contributed by atoms with van der Waals surface area (Å²) in [6.07, 6.45) is 6.81. The Morgan fingerprint density at radius 3 is 2.00 bits per heavy atom. The van der Waals surface area contributed by atoms with Crippen LogP contribution in [-0.4, -0.2) is 18.0 Å². The van der Waals surface area contributed by atoms with Gasteiger partial charge in [0, 0.05) is 10.7 Å².